The van der Waals surface area contributed by atoms with Crippen molar-refractivity contribution in [3.63, 3.8) is 0 Å². The van der Waals surface area contributed by atoms with E-state index in [9.17, 15) is 26.7 Å². The highest BCUT2D eigenvalue weighted by Crippen LogP contribution is 2.35. The molecule has 0 spiro atoms. The SMILES string of the molecule is COc1cccc2c1n(Cc1ccccc1C(F)(F)F)c(=O)n2[C@@H]1CCN(c2c(F)cccc2F)C1. The summed E-state index contributed by atoms with van der Waals surface area (Å²) >= 11 is 0. The molecule has 10 heteroatoms. The lowest BCUT2D eigenvalue weighted by Gasteiger charge is -2.20. The third kappa shape index (κ3) is 4.00. The minimum atomic E-state index is -4.58. The predicted octanol–water partition coefficient (Wildman–Crippen LogP) is 5.61. The molecule has 4 aromatic rings. The topological polar surface area (TPSA) is 39.4 Å². The average Bonchev–Trinajstić information content (AvgIpc) is 3.41. The zero-order chi connectivity index (χ0) is 25.6. The Morgan fingerprint density at radius 3 is 2.36 bits per heavy atom. The number of hydrogen-bond donors (Lipinski definition) is 0. The molecule has 0 N–H and O–H groups in total. The van der Waals surface area contributed by atoms with Gasteiger partial charge in [-0.05, 0) is 42.3 Å². The van der Waals surface area contributed by atoms with Gasteiger partial charge in [-0.25, -0.2) is 13.6 Å². The van der Waals surface area contributed by atoms with Gasteiger partial charge in [-0.3, -0.25) is 9.13 Å². The Kier molecular flexibility index (Phi) is 5.97. The van der Waals surface area contributed by atoms with Crippen LogP contribution >= 0.6 is 0 Å². The molecule has 0 amide bonds. The summed E-state index contributed by atoms with van der Waals surface area (Å²) in [6, 6.07) is 13.3. The lowest BCUT2D eigenvalue weighted by molar-refractivity contribution is -0.138. The lowest BCUT2D eigenvalue weighted by Crippen LogP contribution is -2.30. The van der Waals surface area contributed by atoms with Crippen LogP contribution in [-0.4, -0.2) is 29.3 Å². The summed E-state index contributed by atoms with van der Waals surface area (Å²) in [6.45, 7) is 0.145. The van der Waals surface area contributed by atoms with Gasteiger partial charge in [-0.2, -0.15) is 13.2 Å². The summed E-state index contributed by atoms with van der Waals surface area (Å²) in [7, 11) is 1.42. The predicted molar refractivity (Wildman–Crippen MR) is 126 cm³/mol. The highest BCUT2D eigenvalue weighted by Gasteiger charge is 2.34. The van der Waals surface area contributed by atoms with Crippen LogP contribution in [0.2, 0.25) is 0 Å². The lowest BCUT2D eigenvalue weighted by atomic mass is 10.1. The van der Waals surface area contributed by atoms with Crippen LogP contribution in [0.5, 0.6) is 5.75 Å². The van der Waals surface area contributed by atoms with Crippen molar-refractivity contribution in [1.29, 1.82) is 0 Å². The van der Waals surface area contributed by atoms with E-state index in [0.29, 0.717) is 29.7 Å². The fourth-order valence-electron chi connectivity index (χ4n) is 5.02. The third-order valence-corrected chi connectivity index (χ3v) is 6.60. The number of para-hydroxylation sites is 2. The Morgan fingerprint density at radius 1 is 0.972 bits per heavy atom. The van der Waals surface area contributed by atoms with Gasteiger partial charge in [-0.15, -0.1) is 0 Å². The van der Waals surface area contributed by atoms with Crippen LogP contribution in [0.4, 0.5) is 27.6 Å². The van der Waals surface area contributed by atoms with Crippen LogP contribution in [0.15, 0.2) is 65.5 Å². The first kappa shape index (κ1) is 23.9. The molecule has 0 saturated carbocycles. The minimum Gasteiger partial charge on any atom is -0.494 e. The summed E-state index contributed by atoms with van der Waals surface area (Å²) in [6.07, 6.45) is -4.17. The highest BCUT2D eigenvalue weighted by atomic mass is 19.4. The van der Waals surface area contributed by atoms with Crippen LogP contribution in [0.3, 0.4) is 0 Å². The van der Waals surface area contributed by atoms with E-state index < -0.39 is 35.1 Å². The van der Waals surface area contributed by atoms with Gasteiger partial charge in [0, 0.05) is 13.1 Å². The van der Waals surface area contributed by atoms with Crippen molar-refractivity contribution in [2.24, 2.45) is 0 Å². The average molecular weight is 503 g/mol. The molecule has 1 aliphatic rings. The maximum atomic E-state index is 14.4. The number of hydrogen-bond acceptors (Lipinski definition) is 3. The maximum absolute atomic E-state index is 14.4. The molecule has 1 aliphatic heterocycles. The molecule has 0 bridgehead atoms. The summed E-state index contributed by atoms with van der Waals surface area (Å²) in [5.41, 5.74) is -0.726. The number of halogens is 5. The zero-order valence-corrected chi connectivity index (χ0v) is 19.2. The molecule has 0 radical (unpaired) electrons. The fraction of sp³-hybridized carbons (Fsp3) is 0.269. The summed E-state index contributed by atoms with van der Waals surface area (Å²) < 4.78 is 77.9. The van der Waals surface area contributed by atoms with E-state index in [1.165, 1.54) is 52.6 Å². The molecule has 3 aromatic carbocycles. The van der Waals surface area contributed by atoms with E-state index >= 15 is 0 Å². The van der Waals surface area contributed by atoms with E-state index in [4.69, 9.17) is 4.74 Å². The summed E-state index contributed by atoms with van der Waals surface area (Å²) in [4.78, 5) is 15.3. The van der Waals surface area contributed by atoms with Crippen LogP contribution in [0, 0.1) is 11.6 Å². The van der Waals surface area contributed by atoms with Crippen LogP contribution in [0.1, 0.15) is 23.6 Å². The number of alkyl halides is 3. The number of fused-ring (bicyclic) bond motifs is 1. The molecule has 0 unspecified atom stereocenters. The van der Waals surface area contributed by atoms with Crippen molar-refractivity contribution in [2.45, 2.75) is 25.2 Å². The number of aromatic nitrogens is 2. The standard InChI is InChI=1S/C26H22F5N3O2/c1-36-22-11-5-10-21-24(22)33(14-16-6-2-3-7-18(16)26(29,30)31)25(35)34(21)17-12-13-32(15-17)23-19(27)8-4-9-20(23)28/h2-11,17H,12-15H2,1H3/t17-/m1/s1. The van der Waals surface area contributed by atoms with Crippen LogP contribution in [-0.2, 0) is 12.7 Å². The van der Waals surface area contributed by atoms with Crippen molar-refractivity contribution in [3.05, 3.63) is 93.9 Å². The second kappa shape index (κ2) is 9.00. The van der Waals surface area contributed by atoms with E-state index in [2.05, 4.69) is 0 Å². The summed E-state index contributed by atoms with van der Waals surface area (Å²) in [5, 5.41) is 0. The van der Waals surface area contributed by atoms with Gasteiger partial charge in [0.25, 0.3) is 0 Å². The molecule has 1 atom stereocenters. The smallest absolute Gasteiger partial charge is 0.416 e. The van der Waals surface area contributed by atoms with E-state index in [1.54, 1.807) is 23.1 Å². The van der Waals surface area contributed by atoms with E-state index in [1.807, 2.05) is 0 Å². The second-order valence-electron chi connectivity index (χ2n) is 8.68. The van der Waals surface area contributed by atoms with Crippen molar-refractivity contribution in [2.75, 3.05) is 25.1 Å². The number of benzene rings is 3. The molecule has 1 saturated heterocycles. The molecule has 188 valence electrons. The van der Waals surface area contributed by atoms with Gasteiger partial charge in [-0.1, -0.05) is 30.3 Å². The van der Waals surface area contributed by atoms with Crippen molar-refractivity contribution >= 4 is 16.7 Å². The molecule has 2 heterocycles. The maximum Gasteiger partial charge on any atom is 0.416 e. The molecule has 0 aliphatic carbocycles. The quantitative estimate of drug-likeness (QED) is 0.333. The van der Waals surface area contributed by atoms with Gasteiger partial charge in [0.1, 0.15) is 28.6 Å². The Balaban J connectivity index is 1.61. The fourth-order valence-corrected chi connectivity index (χ4v) is 5.02. The van der Waals surface area contributed by atoms with Crippen molar-refractivity contribution in [1.82, 2.24) is 9.13 Å². The molecule has 5 nitrogen and oxygen atoms in total. The summed E-state index contributed by atoms with van der Waals surface area (Å²) in [5.74, 6) is -1.06. The third-order valence-electron chi connectivity index (χ3n) is 6.60. The number of ether oxygens (including phenoxy) is 1. The first-order chi connectivity index (χ1) is 17.2. The molecular formula is C26H22F5N3O2. The first-order valence-corrected chi connectivity index (χ1v) is 11.3. The Bertz CT molecular complexity index is 1470. The normalized spacial score (nSPS) is 16.2. The molecule has 36 heavy (non-hydrogen) atoms. The largest absolute Gasteiger partial charge is 0.494 e. The van der Waals surface area contributed by atoms with E-state index in [0.717, 1.165) is 6.07 Å². The minimum absolute atomic E-state index is 0.0569. The molecule has 5 rings (SSSR count). The van der Waals surface area contributed by atoms with E-state index in [-0.39, 0.29) is 24.3 Å². The van der Waals surface area contributed by atoms with Crippen molar-refractivity contribution < 1.29 is 26.7 Å². The Morgan fingerprint density at radius 2 is 1.67 bits per heavy atom. The van der Waals surface area contributed by atoms with Gasteiger partial charge < -0.3 is 9.64 Å². The van der Waals surface area contributed by atoms with Gasteiger partial charge in [0.15, 0.2) is 0 Å². The molecule has 1 aromatic heterocycles. The monoisotopic (exact) mass is 503 g/mol. The Hall–Kier alpha value is -3.82. The number of anilines is 1. The molecule has 1 fully saturated rings. The van der Waals surface area contributed by atoms with Gasteiger partial charge >= 0.3 is 11.9 Å². The number of imidazole rings is 1. The van der Waals surface area contributed by atoms with Crippen molar-refractivity contribution in [3.8, 4) is 5.75 Å². The van der Waals surface area contributed by atoms with Gasteiger partial charge in [0.2, 0.25) is 0 Å². The molecular weight excluding hydrogens is 481 g/mol. The number of nitrogens with zero attached hydrogens (tertiary/aromatic N) is 3. The number of rotatable bonds is 5. The zero-order valence-electron chi connectivity index (χ0n) is 19.2. The first-order valence-electron chi connectivity index (χ1n) is 11.3. The second-order valence-corrected chi connectivity index (χ2v) is 8.68. The number of methoxy groups -OCH3 is 1. The van der Waals surface area contributed by atoms with Gasteiger partial charge in [0.05, 0.1) is 30.8 Å². The van der Waals surface area contributed by atoms with Crippen LogP contribution in [0.25, 0.3) is 11.0 Å². The van der Waals surface area contributed by atoms with Crippen LogP contribution < -0.4 is 15.3 Å². The Labute approximate surface area is 202 Å². The highest BCUT2D eigenvalue weighted by molar-refractivity contribution is 5.83.